The van der Waals surface area contributed by atoms with Gasteiger partial charge in [0.15, 0.2) is 0 Å². The van der Waals surface area contributed by atoms with Crippen molar-refractivity contribution >= 4 is 11.9 Å². The Hall–Kier alpha value is -3.44. The Labute approximate surface area is 217 Å². The Morgan fingerprint density at radius 2 is 1.08 bits per heavy atom. The molecule has 3 aromatic carbocycles. The lowest BCUT2D eigenvalue weighted by Crippen LogP contribution is -2.49. The van der Waals surface area contributed by atoms with Crippen LogP contribution in [0.15, 0.2) is 91.0 Å². The number of benzene rings is 3. The summed E-state index contributed by atoms with van der Waals surface area (Å²) in [6.07, 6.45) is 2.51. The maximum Gasteiger partial charge on any atom is 0.338 e. The van der Waals surface area contributed by atoms with Crippen LogP contribution >= 0.6 is 0 Å². The van der Waals surface area contributed by atoms with Crippen LogP contribution in [0, 0.1) is 23.7 Å². The van der Waals surface area contributed by atoms with E-state index in [0.29, 0.717) is 35.0 Å². The lowest BCUT2D eigenvalue weighted by molar-refractivity contribution is -0.0823. The first kappa shape index (κ1) is 22.7. The standard InChI is InChI=1S/C32H31NO4/c34-31(21-12-6-2-7-13-21)36-29-23-18-24(30(29)37-32(35)22-14-8-3-9-15-22)28-26-17-16-25(27(23)28)33(26)19-20-10-4-1-5-11-20/h1-15,23-30H,16-19H2. The van der Waals surface area contributed by atoms with Crippen LogP contribution in [0.25, 0.3) is 0 Å². The number of fused-ring (bicyclic) bond motifs is 9. The minimum atomic E-state index is -0.412. The quantitative estimate of drug-likeness (QED) is 0.433. The number of hydrogen-bond donors (Lipinski definition) is 0. The second kappa shape index (κ2) is 9.14. The molecule has 2 aliphatic heterocycles. The van der Waals surface area contributed by atoms with Crippen molar-refractivity contribution in [2.75, 3.05) is 0 Å². The molecule has 37 heavy (non-hydrogen) atoms. The molecule has 5 nitrogen and oxygen atoms in total. The summed E-state index contributed by atoms with van der Waals surface area (Å²) >= 11 is 0. The van der Waals surface area contributed by atoms with Gasteiger partial charge in [0.05, 0.1) is 11.1 Å². The highest BCUT2D eigenvalue weighted by Crippen LogP contribution is 2.65. The van der Waals surface area contributed by atoms with Gasteiger partial charge in [0.25, 0.3) is 0 Å². The summed E-state index contributed by atoms with van der Waals surface area (Å²) in [4.78, 5) is 29.0. The van der Waals surface area contributed by atoms with Gasteiger partial charge < -0.3 is 9.47 Å². The highest BCUT2D eigenvalue weighted by atomic mass is 16.6. The molecule has 0 radical (unpaired) electrons. The number of esters is 2. The van der Waals surface area contributed by atoms with Crippen LogP contribution in [0.3, 0.4) is 0 Å². The van der Waals surface area contributed by atoms with Crippen molar-refractivity contribution in [2.45, 2.75) is 50.1 Å². The third-order valence-corrected chi connectivity index (χ3v) is 9.36. The fourth-order valence-corrected chi connectivity index (χ4v) is 8.09. The number of ether oxygens (including phenoxy) is 2. The number of rotatable bonds is 6. The average Bonchev–Trinajstić information content (AvgIpc) is 3.69. The van der Waals surface area contributed by atoms with Gasteiger partial charge in [0.2, 0.25) is 0 Å². The molecule has 4 aliphatic rings. The van der Waals surface area contributed by atoms with Crippen molar-refractivity contribution < 1.29 is 19.1 Å². The first-order valence-corrected chi connectivity index (χ1v) is 13.5. The topological polar surface area (TPSA) is 55.8 Å². The molecule has 4 fully saturated rings. The summed E-state index contributed by atoms with van der Waals surface area (Å²) in [7, 11) is 0. The number of nitrogens with zero attached hydrogens (tertiary/aromatic N) is 1. The van der Waals surface area contributed by atoms with Gasteiger partial charge in [0, 0.05) is 30.5 Å². The van der Waals surface area contributed by atoms with E-state index < -0.39 is 12.2 Å². The first-order chi connectivity index (χ1) is 18.2. The molecule has 0 spiro atoms. The van der Waals surface area contributed by atoms with E-state index in [9.17, 15) is 9.59 Å². The Morgan fingerprint density at radius 3 is 1.54 bits per heavy atom. The van der Waals surface area contributed by atoms with E-state index in [0.717, 1.165) is 13.0 Å². The van der Waals surface area contributed by atoms with Crippen LogP contribution in [-0.4, -0.2) is 41.1 Å². The second-order valence-corrected chi connectivity index (χ2v) is 11.1. The summed E-state index contributed by atoms with van der Waals surface area (Å²) < 4.78 is 12.4. The van der Waals surface area contributed by atoms with Crippen LogP contribution in [0.5, 0.6) is 0 Å². The van der Waals surface area contributed by atoms with Crippen LogP contribution in [0.1, 0.15) is 45.5 Å². The number of carbonyl (C=O) groups is 2. The predicted molar refractivity (Wildman–Crippen MR) is 139 cm³/mol. The molecular formula is C32H31NO4. The lowest BCUT2D eigenvalue weighted by Gasteiger charge is -2.41. The molecule has 2 aliphatic carbocycles. The normalized spacial score (nSPS) is 33.3. The van der Waals surface area contributed by atoms with E-state index in [1.807, 2.05) is 36.4 Å². The summed E-state index contributed by atoms with van der Waals surface area (Å²) in [5.74, 6) is 0.717. The van der Waals surface area contributed by atoms with Crippen molar-refractivity contribution in [3.05, 3.63) is 108 Å². The Morgan fingerprint density at radius 1 is 0.649 bits per heavy atom. The maximum atomic E-state index is 13.2. The zero-order chi connectivity index (χ0) is 24.9. The summed E-state index contributed by atoms with van der Waals surface area (Å²) in [6.45, 7) is 0.950. The molecule has 7 rings (SSSR count). The van der Waals surface area contributed by atoms with Gasteiger partial charge in [-0.15, -0.1) is 0 Å². The van der Waals surface area contributed by atoms with E-state index >= 15 is 0 Å². The van der Waals surface area contributed by atoms with Gasteiger partial charge in [-0.1, -0.05) is 66.7 Å². The first-order valence-electron chi connectivity index (χ1n) is 13.5. The molecule has 2 saturated carbocycles. The molecule has 2 saturated heterocycles. The molecule has 8 unspecified atom stereocenters. The summed E-state index contributed by atoms with van der Waals surface area (Å²) in [5.41, 5.74) is 2.41. The van der Waals surface area contributed by atoms with Gasteiger partial charge >= 0.3 is 11.9 Å². The summed E-state index contributed by atoms with van der Waals surface area (Å²) in [6, 6.07) is 30.0. The van der Waals surface area contributed by atoms with Gasteiger partial charge in [-0.25, -0.2) is 9.59 Å². The number of hydrogen-bond acceptors (Lipinski definition) is 5. The molecule has 8 atom stereocenters. The minimum absolute atomic E-state index is 0.213. The highest BCUT2D eigenvalue weighted by molar-refractivity contribution is 5.90. The average molecular weight is 494 g/mol. The molecule has 0 aromatic heterocycles. The molecule has 5 heteroatoms. The smallest absolute Gasteiger partial charge is 0.338 e. The van der Waals surface area contributed by atoms with Gasteiger partial charge in [0.1, 0.15) is 12.2 Å². The zero-order valence-corrected chi connectivity index (χ0v) is 20.7. The fourth-order valence-electron chi connectivity index (χ4n) is 8.09. The van der Waals surface area contributed by atoms with Crippen molar-refractivity contribution in [2.24, 2.45) is 23.7 Å². The molecule has 0 amide bonds. The Bertz CT molecular complexity index is 1200. The third-order valence-electron chi connectivity index (χ3n) is 9.36. The summed E-state index contributed by atoms with van der Waals surface area (Å²) in [5, 5.41) is 0. The predicted octanol–water partition coefficient (Wildman–Crippen LogP) is 5.37. The number of carbonyl (C=O) groups excluding carboxylic acids is 2. The van der Waals surface area contributed by atoms with E-state index in [1.165, 1.54) is 18.4 Å². The fraction of sp³-hybridized carbons (Fsp3) is 0.375. The lowest BCUT2D eigenvalue weighted by atomic mass is 9.69. The van der Waals surface area contributed by atoms with Gasteiger partial charge in [-0.2, -0.15) is 0 Å². The largest absolute Gasteiger partial charge is 0.455 e. The van der Waals surface area contributed by atoms with Crippen molar-refractivity contribution in [3.63, 3.8) is 0 Å². The molecule has 0 N–H and O–H groups in total. The second-order valence-electron chi connectivity index (χ2n) is 11.1. The van der Waals surface area contributed by atoms with E-state index in [2.05, 4.69) is 35.2 Å². The van der Waals surface area contributed by atoms with Crippen LogP contribution in [0.2, 0.25) is 0 Å². The molecule has 188 valence electrons. The van der Waals surface area contributed by atoms with E-state index in [1.54, 1.807) is 24.3 Å². The molecule has 3 aromatic rings. The highest BCUT2D eigenvalue weighted by Gasteiger charge is 2.70. The van der Waals surface area contributed by atoms with Crippen molar-refractivity contribution in [1.82, 2.24) is 4.90 Å². The van der Waals surface area contributed by atoms with E-state index in [-0.39, 0.29) is 23.8 Å². The maximum absolute atomic E-state index is 13.2. The zero-order valence-electron chi connectivity index (χ0n) is 20.7. The van der Waals surface area contributed by atoms with Crippen LogP contribution < -0.4 is 0 Å². The van der Waals surface area contributed by atoms with Crippen LogP contribution in [-0.2, 0) is 16.0 Å². The molecular weight excluding hydrogens is 462 g/mol. The van der Waals surface area contributed by atoms with Gasteiger partial charge in [-0.05, 0) is 60.9 Å². The minimum Gasteiger partial charge on any atom is -0.455 e. The Kier molecular flexibility index (Phi) is 5.62. The SMILES string of the molecule is O=C(OC1C2CC(C1OC(=O)c1ccccc1)C1C2C2CCC1N2Cc1ccccc1)c1ccccc1. The molecule has 2 heterocycles. The Balaban J connectivity index is 1.18. The van der Waals surface area contributed by atoms with Gasteiger partial charge in [-0.3, -0.25) is 4.90 Å². The third kappa shape index (κ3) is 3.79. The van der Waals surface area contributed by atoms with Crippen molar-refractivity contribution in [3.8, 4) is 0 Å². The molecule has 4 bridgehead atoms. The van der Waals surface area contributed by atoms with E-state index in [4.69, 9.17) is 9.47 Å². The monoisotopic (exact) mass is 493 g/mol. The van der Waals surface area contributed by atoms with Crippen molar-refractivity contribution in [1.29, 1.82) is 0 Å². The van der Waals surface area contributed by atoms with Crippen LogP contribution in [0.4, 0.5) is 0 Å².